The van der Waals surface area contributed by atoms with Gasteiger partial charge < -0.3 is 10.5 Å². The van der Waals surface area contributed by atoms with Crippen molar-refractivity contribution in [3.8, 4) is 0 Å². The second-order valence-electron chi connectivity index (χ2n) is 6.06. The number of hydroxylamine groups is 3. The molecular weight excluding hydrogens is 341 g/mol. The van der Waals surface area contributed by atoms with E-state index in [2.05, 4.69) is 10.3 Å². The number of hydrogen-bond donors (Lipinski definition) is 1. The van der Waals surface area contributed by atoms with Gasteiger partial charge in [0.15, 0.2) is 0 Å². The highest BCUT2D eigenvalue weighted by atomic mass is 19.1. The van der Waals surface area contributed by atoms with Crippen LogP contribution >= 0.6 is 0 Å². The molecule has 0 bridgehead atoms. The Hall–Kier alpha value is -2.33. The molecule has 2 aliphatic heterocycles. The van der Waals surface area contributed by atoms with Crippen molar-refractivity contribution in [1.82, 2.24) is 20.6 Å². The Morgan fingerprint density at radius 2 is 2.12 bits per heavy atom. The van der Waals surface area contributed by atoms with Gasteiger partial charge in [-0.15, -0.1) is 0 Å². The predicted octanol–water partition coefficient (Wildman–Crippen LogP) is 1.19. The van der Waals surface area contributed by atoms with Crippen molar-refractivity contribution < 1.29 is 14.0 Å². The summed E-state index contributed by atoms with van der Waals surface area (Å²) in [7, 11) is 3.27. The lowest BCUT2D eigenvalue weighted by atomic mass is 9.97. The molecule has 1 amide bonds. The Morgan fingerprint density at radius 1 is 1.38 bits per heavy atom. The molecule has 2 heterocycles. The first-order valence-corrected chi connectivity index (χ1v) is 8.34. The SMILES string of the molecule is CNCCCON1C=NC2=C(C1)C(=O)N(C)N([O-])C2c1ccc(F)cc1. The zero-order valence-corrected chi connectivity index (χ0v) is 14.7. The predicted molar refractivity (Wildman–Crippen MR) is 93.8 cm³/mol. The van der Waals surface area contributed by atoms with E-state index in [9.17, 15) is 14.4 Å². The molecule has 0 saturated carbocycles. The number of amides is 1. The van der Waals surface area contributed by atoms with Crippen molar-refractivity contribution in [3.63, 3.8) is 0 Å². The average molecular weight is 362 g/mol. The fraction of sp³-hybridized carbons (Fsp3) is 0.412. The molecule has 1 N–H and O–H groups in total. The van der Waals surface area contributed by atoms with Crippen LogP contribution in [0.1, 0.15) is 18.0 Å². The summed E-state index contributed by atoms with van der Waals surface area (Å²) in [5.41, 5.74) is 1.32. The van der Waals surface area contributed by atoms with Crippen molar-refractivity contribution in [3.05, 3.63) is 52.1 Å². The van der Waals surface area contributed by atoms with Gasteiger partial charge in [0.2, 0.25) is 0 Å². The molecule has 2 aliphatic rings. The van der Waals surface area contributed by atoms with Crippen LogP contribution in [0.4, 0.5) is 4.39 Å². The zero-order chi connectivity index (χ0) is 18.7. The summed E-state index contributed by atoms with van der Waals surface area (Å²) in [5, 5.41) is 18.7. The van der Waals surface area contributed by atoms with Crippen LogP contribution in [-0.2, 0) is 9.63 Å². The van der Waals surface area contributed by atoms with Crippen LogP contribution in [-0.4, -0.2) is 61.3 Å². The molecule has 1 aromatic rings. The Bertz CT molecular complexity index is 722. The van der Waals surface area contributed by atoms with E-state index >= 15 is 0 Å². The van der Waals surface area contributed by atoms with Gasteiger partial charge in [0.1, 0.15) is 12.2 Å². The average Bonchev–Trinajstić information content (AvgIpc) is 2.65. The molecule has 1 atom stereocenters. The van der Waals surface area contributed by atoms with Gasteiger partial charge in [0, 0.05) is 7.05 Å². The molecule has 140 valence electrons. The molecule has 0 saturated heterocycles. The largest absolute Gasteiger partial charge is 0.766 e. The fourth-order valence-electron chi connectivity index (χ4n) is 2.90. The van der Waals surface area contributed by atoms with Gasteiger partial charge in [-0.25, -0.2) is 14.4 Å². The van der Waals surface area contributed by atoms with Crippen molar-refractivity contribution in [2.75, 3.05) is 33.8 Å². The minimum Gasteiger partial charge on any atom is -0.766 e. The highest BCUT2D eigenvalue weighted by Crippen LogP contribution is 2.37. The number of halogens is 1. The third-order valence-electron chi connectivity index (χ3n) is 4.29. The van der Waals surface area contributed by atoms with Gasteiger partial charge in [-0.2, -0.15) is 0 Å². The number of carbonyl (C=O) groups is 1. The van der Waals surface area contributed by atoms with Crippen LogP contribution < -0.4 is 5.32 Å². The highest BCUT2D eigenvalue weighted by molar-refractivity contribution is 5.96. The molecule has 9 heteroatoms. The molecule has 0 spiro atoms. The smallest absolute Gasteiger partial charge is 0.266 e. The fourth-order valence-corrected chi connectivity index (χ4v) is 2.90. The summed E-state index contributed by atoms with van der Waals surface area (Å²) < 4.78 is 13.2. The van der Waals surface area contributed by atoms with Gasteiger partial charge >= 0.3 is 0 Å². The lowest BCUT2D eigenvalue weighted by Crippen LogP contribution is -2.50. The Balaban J connectivity index is 1.84. The Morgan fingerprint density at radius 3 is 2.81 bits per heavy atom. The van der Waals surface area contributed by atoms with E-state index < -0.39 is 17.8 Å². The zero-order valence-electron chi connectivity index (χ0n) is 14.7. The molecule has 0 radical (unpaired) electrons. The first kappa shape index (κ1) is 18.5. The Kier molecular flexibility index (Phi) is 5.62. The molecule has 0 fully saturated rings. The number of carbonyl (C=O) groups excluding carboxylic acids is 1. The quantitative estimate of drug-likeness (QED) is 0.766. The maximum absolute atomic E-state index is 13.2. The summed E-state index contributed by atoms with van der Waals surface area (Å²) >= 11 is 0. The van der Waals surface area contributed by atoms with Crippen LogP contribution in [0.2, 0.25) is 0 Å². The lowest BCUT2D eigenvalue weighted by Gasteiger charge is -2.48. The number of aliphatic imine (C=N–C) groups is 1. The molecule has 0 aromatic heterocycles. The van der Waals surface area contributed by atoms with Crippen molar-refractivity contribution in [2.24, 2.45) is 4.99 Å². The van der Waals surface area contributed by atoms with E-state index in [1.165, 1.54) is 42.7 Å². The maximum Gasteiger partial charge on any atom is 0.266 e. The molecule has 3 rings (SSSR count). The molecule has 0 aliphatic carbocycles. The normalized spacial score (nSPS) is 20.8. The third-order valence-corrected chi connectivity index (χ3v) is 4.29. The molecule has 8 nitrogen and oxygen atoms in total. The maximum atomic E-state index is 13.2. The summed E-state index contributed by atoms with van der Waals surface area (Å²) in [4.78, 5) is 22.4. The van der Waals surface area contributed by atoms with E-state index in [-0.39, 0.29) is 6.54 Å². The van der Waals surface area contributed by atoms with E-state index in [1.807, 2.05) is 7.05 Å². The van der Waals surface area contributed by atoms with Crippen molar-refractivity contribution >= 4 is 12.2 Å². The second kappa shape index (κ2) is 7.92. The van der Waals surface area contributed by atoms with Crippen molar-refractivity contribution in [1.29, 1.82) is 0 Å². The topological polar surface area (TPSA) is 83.5 Å². The van der Waals surface area contributed by atoms with Crippen LogP contribution in [0, 0.1) is 11.0 Å². The lowest BCUT2D eigenvalue weighted by molar-refractivity contribution is -0.145. The third kappa shape index (κ3) is 3.61. The molecule has 1 unspecified atom stereocenters. The second-order valence-corrected chi connectivity index (χ2v) is 6.06. The number of nitrogens with zero attached hydrogens (tertiary/aromatic N) is 4. The van der Waals surface area contributed by atoms with Crippen LogP contribution in [0.5, 0.6) is 0 Å². The van der Waals surface area contributed by atoms with E-state index in [4.69, 9.17) is 4.84 Å². The standard InChI is InChI=1S/C17H21FN5O3/c1-19-8-3-9-26-22-10-14-15(20-11-22)16(23(25)21(2)17(14)24)12-4-6-13(18)7-5-12/h4-7,11,16,19H,3,8-10H2,1-2H3/q-1. The summed E-state index contributed by atoms with van der Waals surface area (Å²) in [6.45, 7) is 1.50. The van der Waals surface area contributed by atoms with E-state index in [0.717, 1.165) is 18.0 Å². The van der Waals surface area contributed by atoms with Gasteiger partial charge in [-0.1, -0.05) is 12.1 Å². The number of rotatable bonds is 6. The summed E-state index contributed by atoms with van der Waals surface area (Å²) in [6.07, 6.45) is 2.29. The number of hydrogen-bond acceptors (Lipinski definition) is 7. The minimum absolute atomic E-state index is 0.201. The van der Waals surface area contributed by atoms with Crippen LogP contribution in [0.15, 0.2) is 40.5 Å². The van der Waals surface area contributed by atoms with Gasteiger partial charge in [0.05, 0.1) is 30.5 Å². The highest BCUT2D eigenvalue weighted by Gasteiger charge is 2.37. The van der Waals surface area contributed by atoms with Gasteiger partial charge in [0.25, 0.3) is 5.91 Å². The van der Waals surface area contributed by atoms with E-state index in [0.29, 0.717) is 28.6 Å². The first-order chi connectivity index (χ1) is 12.5. The first-order valence-electron chi connectivity index (χ1n) is 8.34. The molecule has 1 aromatic carbocycles. The Labute approximate surface area is 151 Å². The van der Waals surface area contributed by atoms with Gasteiger partial charge in [-0.3, -0.25) is 19.8 Å². The minimum atomic E-state index is -0.809. The number of hydrazine groups is 1. The summed E-state index contributed by atoms with van der Waals surface area (Å²) in [5.74, 6) is -0.817. The number of benzene rings is 1. The van der Waals surface area contributed by atoms with Crippen LogP contribution in [0.25, 0.3) is 0 Å². The van der Waals surface area contributed by atoms with Crippen molar-refractivity contribution in [2.45, 2.75) is 12.5 Å². The van der Waals surface area contributed by atoms with E-state index in [1.54, 1.807) is 0 Å². The monoisotopic (exact) mass is 362 g/mol. The molecule has 26 heavy (non-hydrogen) atoms. The van der Waals surface area contributed by atoms with Gasteiger partial charge in [-0.05, 0) is 37.7 Å². The number of nitrogens with one attached hydrogen (secondary N) is 1. The van der Waals surface area contributed by atoms with Crippen LogP contribution in [0.3, 0.4) is 0 Å². The summed E-state index contributed by atoms with van der Waals surface area (Å²) in [6, 6.07) is 4.80. The number of likely N-dealkylation sites (N-methyl/N-ethyl adjacent to an activating group) is 1. The molecular formula is C17H21FN5O3-.